The fraction of sp³-hybridized carbons (Fsp3) is 0.538. The molecule has 0 aliphatic carbocycles. The zero-order chi connectivity index (χ0) is 10.7. The second-order valence-electron chi connectivity index (χ2n) is 4.62. The van der Waals surface area contributed by atoms with E-state index in [-0.39, 0.29) is 0 Å². The smallest absolute Gasteiger partial charge is 0.0388 e. The summed E-state index contributed by atoms with van der Waals surface area (Å²) in [5.74, 6) is 0. The van der Waals surface area contributed by atoms with Crippen molar-refractivity contribution in [1.82, 2.24) is 4.90 Å². The predicted molar refractivity (Wildman–Crippen MR) is 65.3 cm³/mol. The van der Waals surface area contributed by atoms with Gasteiger partial charge >= 0.3 is 0 Å². The maximum atomic E-state index is 3.61. The van der Waals surface area contributed by atoms with Gasteiger partial charge in [-0.3, -0.25) is 0 Å². The van der Waals surface area contributed by atoms with Crippen LogP contribution >= 0.6 is 0 Å². The van der Waals surface area contributed by atoms with Crippen LogP contribution < -0.4 is 5.32 Å². The van der Waals surface area contributed by atoms with Gasteiger partial charge < -0.3 is 10.2 Å². The SMILES string of the molecule is Cc1cccc(N[C@@H]2CCCN(C)C2)c1. The van der Waals surface area contributed by atoms with Crippen LogP contribution in [0.2, 0.25) is 0 Å². The minimum atomic E-state index is 0.616. The van der Waals surface area contributed by atoms with Gasteiger partial charge in [-0.15, -0.1) is 0 Å². The van der Waals surface area contributed by atoms with Crippen LogP contribution in [-0.2, 0) is 0 Å². The van der Waals surface area contributed by atoms with Crippen LogP contribution in [-0.4, -0.2) is 31.1 Å². The summed E-state index contributed by atoms with van der Waals surface area (Å²) < 4.78 is 0. The Kier molecular flexibility index (Phi) is 3.27. The third kappa shape index (κ3) is 2.96. The molecule has 0 bridgehead atoms. The summed E-state index contributed by atoms with van der Waals surface area (Å²) in [5.41, 5.74) is 2.58. The maximum Gasteiger partial charge on any atom is 0.0388 e. The minimum absolute atomic E-state index is 0.616. The van der Waals surface area contributed by atoms with Crippen LogP contribution in [0, 0.1) is 6.92 Å². The molecule has 2 heteroatoms. The molecule has 0 radical (unpaired) electrons. The zero-order valence-corrected chi connectivity index (χ0v) is 9.66. The van der Waals surface area contributed by atoms with Gasteiger partial charge in [0, 0.05) is 18.3 Å². The van der Waals surface area contributed by atoms with Gasteiger partial charge in [0.15, 0.2) is 0 Å². The third-order valence-corrected chi connectivity index (χ3v) is 3.01. The van der Waals surface area contributed by atoms with E-state index >= 15 is 0 Å². The quantitative estimate of drug-likeness (QED) is 0.796. The zero-order valence-electron chi connectivity index (χ0n) is 9.66. The van der Waals surface area contributed by atoms with E-state index < -0.39 is 0 Å². The molecule has 1 N–H and O–H groups in total. The number of anilines is 1. The average molecular weight is 204 g/mol. The summed E-state index contributed by atoms with van der Waals surface area (Å²) in [7, 11) is 2.20. The van der Waals surface area contributed by atoms with E-state index in [0.717, 1.165) is 6.54 Å². The molecule has 0 aromatic heterocycles. The van der Waals surface area contributed by atoms with Crippen molar-refractivity contribution in [3.8, 4) is 0 Å². The van der Waals surface area contributed by atoms with Crippen LogP contribution in [0.25, 0.3) is 0 Å². The van der Waals surface area contributed by atoms with Gasteiger partial charge in [-0.1, -0.05) is 12.1 Å². The molecule has 82 valence electrons. The number of rotatable bonds is 2. The highest BCUT2D eigenvalue weighted by molar-refractivity contribution is 5.46. The first kappa shape index (κ1) is 10.5. The topological polar surface area (TPSA) is 15.3 Å². The number of likely N-dealkylation sites (N-methyl/N-ethyl adjacent to an activating group) is 1. The molecule has 1 saturated heterocycles. The number of likely N-dealkylation sites (tertiary alicyclic amines) is 1. The summed E-state index contributed by atoms with van der Waals surface area (Å²) in [5, 5.41) is 3.61. The van der Waals surface area contributed by atoms with E-state index in [0.29, 0.717) is 6.04 Å². The Labute approximate surface area is 92.3 Å². The summed E-state index contributed by atoms with van der Waals surface area (Å²) in [4.78, 5) is 2.40. The molecule has 1 atom stereocenters. The number of nitrogens with zero attached hydrogens (tertiary/aromatic N) is 1. The lowest BCUT2D eigenvalue weighted by molar-refractivity contribution is 0.261. The molecule has 2 nitrogen and oxygen atoms in total. The van der Waals surface area contributed by atoms with Crippen molar-refractivity contribution < 1.29 is 0 Å². The first-order valence-corrected chi connectivity index (χ1v) is 5.76. The van der Waals surface area contributed by atoms with E-state index in [1.807, 2.05) is 0 Å². The normalized spacial score (nSPS) is 22.7. The van der Waals surface area contributed by atoms with Gasteiger partial charge in [0.2, 0.25) is 0 Å². The van der Waals surface area contributed by atoms with Crippen molar-refractivity contribution in [3.05, 3.63) is 29.8 Å². The fourth-order valence-electron chi connectivity index (χ4n) is 2.25. The van der Waals surface area contributed by atoms with E-state index in [1.165, 1.54) is 30.6 Å². The van der Waals surface area contributed by atoms with Gasteiger partial charge in [-0.05, 0) is 51.1 Å². The van der Waals surface area contributed by atoms with Crippen molar-refractivity contribution in [2.24, 2.45) is 0 Å². The number of nitrogens with one attached hydrogen (secondary N) is 1. The molecule has 0 saturated carbocycles. The molecule has 1 fully saturated rings. The lowest BCUT2D eigenvalue weighted by Gasteiger charge is -2.30. The predicted octanol–water partition coefficient (Wildman–Crippen LogP) is 2.50. The van der Waals surface area contributed by atoms with E-state index in [4.69, 9.17) is 0 Å². The van der Waals surface area contributed by atoms with Crippen LogP contribution in [0.15, 0.2) is 24.3 Å². The second kappa shape index (κ2) is 4.67. The lowest BCUT2D eigenvalue weighted by atomic mass is 10.1. The average Bonchev–Trinajstić information content (AvgIpc) is 2.17. The molecular weight excluding hydrogens is 184 g/mol. The van der Waals surface area contributed by atoms with Crippen LogP contribution in [0.3, 0.4) is 0 Å². The molecule has 1 heterocycles. The van der Waals surface area contributed by atoms with Crippen LogP contribution in [0.4, 0.5) is 5.69 Å². The molecule has 1 aliphatic rings. The number of piperidine rings is 1. The standard InChI is InChI=1S/C13H20N2/c1-11-5-3-6-12(9-11)14-13-7-4-8-15(2)10-13/h3,5-6,9,13-14H,4,7-8,10H2,1-2H3/t13-/m1/s1. The summed E-state index contributed by atoms with van der Waals surface area (Å²) in [6.45, 7) is 4.54. The van der Waals surface area contributed by atoms with E-state index in [2.05, 4.69) is 48.5 Å². The Morgan fingerprint density at radius 1 is 1.40 bits per heavy atom. The highest BCUT2D eigenvalue weighted by Gasteiger charge is 2.16. The van der Waals surface area contributed by atoms with Crippen molar-refractivity contribution in [1.29, 1.82) is 0 Å². The van der Waals surface area contributed by atoms with E-state index in [1.54, 1.807) is 0 Å². The van der Waals surface area contributed by atoms with Crippen LogP contribution in [0.1, 0.15) is 18.4 Å². The van der Waals surface area contributed by atoms with E-state index in [9.17, 15) is 0 Å². The van der Waals surface area contributed by atoms with Crippen molar-refractivity contribution >= 4 is 5.69 Å². The van der Waals surface area contributed by atoms with Crippen molar-refractivity contribution in [2.45, 2.75) is 25.8 Å². The second-order valence-corrected chi connectivity index (χ2v) is 4.62. The molecule has 0 spiro atoms. The monoisotopic (exact) mass is 204 g/mol. The maximum absolute atomic E-state index is 3.61. The molecule has 15 heavy (non-hydrogen) atoms. The van der Waals surface area contributed by atoms with Crippen LogP contribution in [0.5, 0.6) is 0 Å². The minimum Gasteiger partial charge on any atom is -0.381 e. The summed E-state index contributed by atoms with van der Waals surface area (Å²) in [6.07, 6.45) is 2.60. The van der Waals surface area contributed by atoms with Gasteiger partial charge in [-0.25, -0.2) is 0 Å². The molecule has 1 aliphatic heterocycles. The molecule has 1 aromatic carbocycles. The summed E-state index contributed by atoms with van der Waals surface area (Å²) >= 11 is 0. The molecule has 2 rings (SSSR count). The summed E-state index contributed by atoms with van der Waals surface area (Å²) in [6, 6.07) is 9.24. The molecule has 0 unspecified atom stereocenters. The van der Waals surface area contributed by atoms with Crippen molar-refractivity contribution in [3.63, 3.8) is 0 Å². The molecule has 0 amide bonds. The lowest BCUT2D eigenvalue weighted by Crippen LogP contribution is -2.39. The van der Waals surface area contributed by atoms with Crippen molar-refractivity contribution in [2.75, 3.05) is 25.5 Å². The van der Waals surface area contributed by atoms with Gasteiger partial charge in [0.05, 0.1) is 0 Å². The Balaban J connectivity index is 1.96. The number of aryl methyl sites for hydroxylation is 1. The first-order chi connectivity index (χ1) is 7.24. The highest BCUT2D eigenvalue weighted by atomic mass is 15.1. The first-order valence-electron chi connectivity index (χ1n) is 5.76. The number of hydrogen-bond donors (Lipinski definition) is 1. The highest BCUT2D eigenvalue weighted by Crippen LogP contribution is 2.16. The van der Waals surface area contributed by atoms with Gasteiger partial charge in [0.1, 0.15) is 0 Å². The molecular formula is C13H20N2. The largest absolute Gasteiger partial charge is 0.381 e. The van der Waals surface area contributed by atoms with Gasteiger partial charge in [-0.2, -0.15) is 0 Å². The fourth-order valence-corrected chi connectivity index (χ4v) is 2.25. The Hall–Kier alpha value is -1.02. The Morgan fingerprint density at radius 3 is 3.00 bits per heavy atom. The third-order valence-electron chi connectivity index (χ3n) is 3.01. The Morgan fingerprint density at radius 2 is 2.27 bits per heavy atom. The number of hydrogen-bond acceptors (Lipinski definition) is 2. The number of benzene rings is 1. The molecule has 1 aromatic rings. The Bertz CT molecular complexity index is 322. The van der Waals surface area contributed by atoms with Gasteiger partial charge in [0.25, 0.3) is 0 Å².